The summed E-state index contributed by atoms with van der Waals surface area (Å²) in [4.78, 5) is 0. The molecule has 0 aliphatic carbocycles. The second-order valence-electron chi connectivity index (χ2n) is 5.25. The molecule has 0 aliphatic heterocycles. The highest BCUT2D eigenvalue weighted by Gasteiger charge is 2.12. The summed E-state index contributed by atoms with van der Waals surface area (Å²) in [6.45, 7) is 9.23. The predicted molar refractivity (Wildman–Crippen MR) is 105 cm³/mol. The maximum Gasteiger partial charge on any atom is 0.180 e. The van der Waals surface area contributed by atoms with Crippen LogP contribution in [0.5, 0.6) is 11.5 Å². The van der Waals surface area contributed by atoms with Crippen molar-refractivity contribution in [2.45, 2.75) is 20.4 Å². The van der Waals surface area contributed by atoms with Crippen molar-refractivity contribution in [3.8, 4) is 11.5 Å². The highest BCUT2D eigenvalue weighted by molar-refractivity contribution is 9.10. The van der Waals surface area contributed by atoms with Crippen molar-refractivity contribution < 1.29 is 9.47 Å². The van der Waals surface area contributed by atoms with Gasteiger partial charge in [0.25, 0.3) is 0 Å². The van der Waals surface area contributed by atoms with Crippen LogP contribution in [-0.2, 0) is 6.54 Å². The average Bonchev–Trinajstić information content (AvgIpc) is 2.53. The first-order valence-corrected chi connectivity index (χ1v) is 8.91. The molecule has 0 bridgehead atoms. The van der Waals surface area contributed by atoms with E-state index in [2.05, 4.69) is 40.8 Å². The number of aryl methyl sites for hydroxylation is 1. The zero-order chi connectivity index (χ0) is 17.5. The van der Waals surface area contributed by atoms with Gasteiger partial charge in [0.1, 0.15) is 6.61 Å². The fourth-order valence-corrected chi connectivity index (χ4v) is 3.05. The van der Waals surface area contributed by atoms with Crippen molar-refractivity contribution in [2.24, 2.45) is 0 Å². The number of ether oxygens (including phenoxy) is 2. The Balaban J connectivity index is 2.19. The largest absolute Gasteiger partial charge is 0.490 e. The van der Waals surface area contributed by atoms with Gasteiger partial charge in [-0.2, -0.15) is 0 Å². The van der Waals surface area contributed by atoms with E-state index in [0.717, 1.165) is 15.7 Å². The van der Waals surface area contributed by atoms with Crippen molar-refractivity contribution in [1.29, 1.82) is 0 Å². The second-order valence-corrected chi connectivity index (χ2v) is 6.57. The van der Waals surface area contributed by atoms with Crippen molar-refractivity contribution in [2.75, 3.05) is 18.5 Å². The van der Waals surface area contributed by atoms with Gasteiger partial charge in [0, 0.05) is 16.7 Å². The number of rotatable bonds is 8. The van der Waals surface area contributed by atoms with Crippen molar-refractivity contribution in [3.63, 3.8) is 0 Å². The number of hydrogen-bond donors (Lipinski definition) is 1. The van der Waals surface area contributed by atoms with Gasteiger partial charge in [-0.15, -0.1) is 0 Å². The molecule has 0 radical (unpaired) electrons. The average molecular weight is 411 g/mol. The summed E-state index contributed by atoms with van der Waals surface area (Å²) in [5.41, 5.74) is 3.28. The molecule has 2 aromatic rings. The summed E-state index contributed by atoms with van der Waals surface area (Å²) in [5.74, 6) is 1.21. The Morgan fingerprint density at radius 2 is 2.04 bits per heavy atom. The normalized spacial score (nSPS) is 10.3. The first-order chi connectivity index (χ1) is 11.5. The highest BCUT2D eigenvalue weighted by Crippen LogP contribution is 2.37. The maximum atomic E-state index is 6.37. The summed E-state index contributed by atoms with van der Waals surface area (Å²) in [6.07, 6.45) is 1.68. The standard InChI is InChI=1S/C19H21BrClNO2/c1-4-8-24-19-16(21)10-14(11-18(19)23-5-2)12-22-17-7-6-15(20)9-13(17)3/h4,6-7,9-11,22H,1,5,8,12H2,2-3H3. The Kier molecular flexibility index (Phi) is 7.00. The van der Waals surface area contributed by atoms with E-state index in [4.69, 9.17) is 21.1 Å². The van der Waals surface area contributed by atoms with Crippen molar-refractivity contribution in [1.82, 2.24) is 0 Å². The number of nitrogens with one attached hydrogen (secondary N) is 1. The van der Waals surface area contributed by atoms with E-state index < -0.39 is 0 Å². The van der Waals surface area contributed by atoms with Gasteiger partial charge in [0.05, 0.1) is 11.6 Å². The molecule has 0 aliphatic rings. The van der Waals surface area contributed by atoms with Crippen LogP contribution in [0.1, 0.15) is 18.1 Å². The molecule has 0 saturated carbocycles. The molecule has 1 N–H and O–H groups in total. The lowest BCUT2D eigenvalue weighted by atomic mass is 10.1. The second kappa shape index (κ2) is 9.00. The molecule has 0 fully saturated rings. The molecular weight excluding hydrogens is 390 g/mol. The van der Waals surface area contributed by atoms with E-state index in [1.165, 1.54) is 5.56 Å². The maximum absolute atomic E-state index is 6.37. The smallest absolute Gasteiger partial charge is 0.180 e. The molecule has 0 heterocycles. The lowest BCUT2D eigenvalue weighted by Crippen LogP contribution is -2.04. The van der Waals surface area contributed by atoms with Gasteiger partial charge in [-0.25, -0.2) is 0 Å². The van der Waals surface area contributed by atoms with E-state index in [9.17, 15) is 0 Å². The molecule has 0 atom stereocenters. The number of anilines is 1. The van der Waals surface area contributed by atoms with E-state index >= 15 is 0 Å². The molecule has 5 heteroatoms. The molecule has 0 saturated heterocycles. The SMILES string of the molecule is C=CCOc1c(Cl)cc(CNc2ccc(Br)cc2C)cc1OCC. The molecule has 24 heavy (non-hydrogen) atoms. The van der Waals surface area contributed by atoms with Crippen LogP contribution in [0.15, 0.2) is 47.5 Å². The lowest BCUT2D eigenvalue weighted by Gasteiger charge is -2.15. The fraction of sp³-hybridized carbons (Fsp3) is 0.263. The van der Waals surface area contributed by atoms with Gasteiger partial charge in [-0.3, -0.25) is 0 Å². The molecule has 2 aromatic carbocycles. The molecule has 0 unspecified atom stereocenters. The minimum absolute atomic E-state index is 0.384. The monoisotopic (exact) mass is 409 g/mol. The van der Waals surface area contributed by atoms with Gasteiger partial charge in [0.2, 0.25) is 0 Å². The lowest BCUT2D eigenvalue weighted by molar-refractivity contribution is 0.297. The molecule has 2 rings (SSSR count). The summed E-state index contributed by atoms with van der Waals surface area (Å²) >= 11 is 9.84. The predicted octanol–water partition coefficient (Wildman–Crippen LogP) is 5.99. The third kappa shape index (κ3) is 4.92. The molecule has 128 valence electrons. The van der Waals surface area contributed by atoms with Crippen molar-refractivity contribution >= 4 is 33.2 Å². The zero-order valence-corrected chi connectivity index (χ0v) is 16.2. The molecule has 0 aromatic heterocycles. The fourth-order valence-electron chi connectivity index (χ4n) is 2.29. The third-order valence-electron chi connectivity index (χ3n) is 3.39. The molecule has 0 amide bonds. The summed E-state index contributed by atoms with van der Waals surface area (Å²) in [6, 6.07) is 9.98. The summed E-state index contributed by atoms with van der Waals surface area (Å²) in [5, 5.41) is 3.96. The Hall–Kier alpha value is -1.65. The Morgan fingerprint density at radius 3 is 2.71 bits per heavy atom. The zero-order valence-electron chi connectivity index (χ0n) is 13.9. The van der Waals surface area contributed by atoms with Gasteiger partial charge < -0.3 is 14.8 Å². The first-order valence-electron chi connectivity index (χ1n) is 7.74. The van der Waals surface area contributed by atoms with Crippen LogP contribution in [0.2, 0.25) is 5.02 Å². The molecular formula is C19H21BrClNO2. The van der Waals surface area contributed by atoms with Crippen LogP contribution in [0.3, 0.4) is 0 Å². The van der Waals surface area contributed by atoms with Gasteiger partial charge in [0.15, 0.2) is 11.5 Å². The van der Waals surface area contributed by atoms with Gasteiger partial charge in [-0.05, 0) is 55.3 Å². The van der Waals surface area contributed by atoms with E-state index in [1.54, 1.807) is 6.08 Å². The number of halogens is 2. The van der Waals surface area contributed by atoms with Gasteiger partial charge >= 0.3 is 0 Å². The Morgan fingerprint density at radius 1 is 1.25 bits per heavy atom. The van der Waals surface area contributed by atoms with Gasteiger partial charge in [-0.1, -0.05) is 40.2 Å². The number of hydrogen-bond acceptors (Lipinski definition) is 3. The third-order valence-corrected chi connectivity index (χ3v) is 4.16. The van der Waals surface area contributed by atoms with Crippen LogP contribution in [0.25, 0.3) is 0 Å². The van der Waals surface area contributed by atoms with E-state index in [0.29, 0.717) is 36.3 Å². The first kappa shape index (κ1) is 18.7. The molecule has 3 nitrogen and oxygen atoms in total. The minimum atomic E-state index is 0.384. The van der Waals surface area contributed by atoms with Crippen LogP contribution >= 0.6 is 27.5 Å². The topological polar surface area (TPSA) is 30.5 Å². The molecule has 0 spiro atoms. The Labute approximate surface area is 156 Å². The van der Waals surface area contributed by atoms with Crippen LogP contribution in [-0.4, -0.2) is 13.2 Å². The summed E-state index contributed by atoms with van der Waals surface area (Å²) in [7, 11) is 0. The van der Waals surface area contributed by atoms with E-state index in [1.807, 2.05) is 31.2 Å². The van der Waals surface area contributed by atoms with Crippen LogP contribution in [0, 0.1) is 6.92 Å². The Bertz CT molecular complexity index is 719. The quantitative estimate of drug-likeness (QED) is 0.542. The minimum Gasteiger partial charge on any atom is -0.490 e. The number of benzene rings is 2. The van der Waals surface area contributed by atoms with E-state index in [-0.39, 0.29) is 0 Å². The summed E-state index contributed by atoms with van der Waals surface area (Å²) < 4.78 is 12.4. The van der Waals surface area contributed by atoms with Crippen molar-refractivity contribution in [3.05, 3.63) is 63.6 Å². The highest BCUT2D eigenvalue weighted by atomic mass is 79.9. The van der Waals surface area contributed by atoms with Crippen LogP contribution < -0.4 is 14.8 Å². The van der Waals surface area contributed by atoms with Crippen LogP contribution in [0.4, 0.5) is 5.69 Å².